The molecule has 1 aromatic heterocycles. The van der Waals surface area contributed by atoms with Crippen LogP contribution in [0.2, 0.25) is 0 Å². The summed E-state index contributed by atoms with van der Waals surface area (Å²) in [7, 11) is 0. The molecule has 0 saturated carbocycles. The van der Waals surface area contributed by atoms with Gasteiger partial charge < -0.3 is 10.1 Å². The van der Waals surface area contributed by atoms with Crippen LogP contribution in [0.5, 0.6) is 0 Å². The number of carbonyl (C=O) groups is 1. The van der Waals surface area contributed by atoms with E-state index in [0.29, 0.717) is 16.5 Å². The second-order valence-corrected chi connectivity index (χ2v) is 4.36. The number of carboxylic acid groups (broad SMARTS) is 1. The molecule has 20 heavy (non-hydrogen) atoms. The third-order valence-corrected chi connectivity index (χ3v) is 3.13. The first kappa shape index (κ1) is 12.3. The number of aromatic amines is 1. The van der Waals surface area contributed by atoms with Crippen molar-refractivity contribution in [3.05, 3.63) is 59.8 Å². The molecule has 3 rings (SSSR count). The van der Waals surface area contributed by atoms with Gasteiger partial charge >= 0.3 is 5.97 Å². The fourth-order valence-electron chi connectivity index (χ4n) is 2.21. The van der Waals surface area contributed by atoms with Gasteiger partial charge in [-0.05, 0) is 12.1 Å². The molecule has 0 bridgehead atoms. The molecule has 3 nitrogen and oxygen atoms in total. The van der Waals surface area contributed by atoms with E-state index in [4.69, 9.17) is 5.11 Å². The van der Waals surface area contributed by atoms with Crippen molar-refractivity contribution >= 4 is 16.9 Å². The van der Waals surface area contributed by atoms with Crippen molar-refractivity contribution in [1.82, 2.24) is 4.98 Å². The van der Waals surface area contributed by atoms with Crippen LogP contribution in [0.4, 0.5) is 8.78 Å². The minimum Gasteiger partial charge on any atom is -0.477 e. The maximum Gasteiger partial charge on any atom is 0.352 e. The van der Waals surface area contributed by atoms with Gasteiger partial charge in [-0.25, -0.2) is 13.6 Å². The number of benzene rings is 2. The highest BCUT2D eigenvalue weighted by molar-refractivity contribution is 6.00. The average molecular weight is 273 g/mol. The molecule has 0 aliphatic heterocycles. The lowest BCUT2D eigenvalue weighted by atomic mass is 10.0. The SMILES string of the molecule is O=C(O)c1cc2cccc(-c3cccc(F)c3F)c2[nH]1. The summed E-state index contributed by atoms with van der Waals surface area (Å²) in [6, 6.07) is 10.3. The molecule has 0 saturated heterocycles. The molecule has 0 aliphatic rings. The van der Waals surface area contributed by atoms with Crippen LogP contribution in [0.25, 0.3) is 22.0 Å². The zero-order valence-corrected chi connectivity index (χ0v) is 10.2. The maximum atomic E-state index is 13.9. The summed E-state index contributed by atoms with van der Waals surface area (Å²) in [6.45, 7) is 0. The molecular weight excluding hydrogens is 264 g/mol. The Bertz CT molecular complexity index is 824. The van der Waals surface area contributed by atoms with E-state index in [-0.39, 0.29) is 11.3 Å². The molecule has 1 heterocycles. The van der Waals surface area contributed by atoms with Gasteiger partial charge in [0, 0.05) is 16.5 Å². The lowest BCUT2D eigenvalue weighted by Crippen LogP contribution is -1.95. The molecule has 0 spiro atoms. The molecule has 0 amide bonds. The Morgan fingerprint density at radius 2 is 1.75 bits per heavy atom. The number of aromatic carboxylic acids is 1. The van der Waals surface area contributed by atoms with Crippen molar-refractivity contribution < 1.29 is 18.7 Å². The normalized spacial score (nSPS) is 10.9. The zero-order valence-electron chi connectivity index (χ0n) is 10.2. The molecule has 2 aromatic carbocycles. The van der Waals surface area contributed by atoms with E-state index in [1.807, 2.05) is 0 Å². The maximum absolute atomic E-state index is 13.9. The van der Waals surface area contributed by atoms with Gasteiger partial charge in [-0.3, -0.25) is 0 Å². The van der Waals surface area contributed by atoms with Crippen molar-refractivity contribution in [2.45, 2.75) is 0 Å². The van der Waals surface area contributed by atoms with Crippen LogP contribution >= 0.6 is 0 Å². The Balaban J connectivity index is 2.31. The van der Waals surface area contributed by atoms with E-state index in [0.717, 1.165) is 6.07 Å². The van der Waals surface area contributed by atoms with Crippen molar-refractivity contribution in [3.8, 4) is 11.1 Å². The predicted octanol–water partition coefficient (Wildman–Crippen LogP) is 3.81. The number of hydrogen-bond acceptors (Lipinski definition) is 1. The Hall–Kier alpha value is -2.69. The molecule has 0 radical (unpaired) electrons. The monoisotopic (exact) mass is 273 g/mol. The molecule has 0 atom stereocenters. The number of hydrogen-bond donors (Lipinski definition) is 2. The first-order valence-electron chi connectivity index (χ1n) is 5.87. The summed E-state index contributed by atoms with van der Waals surface area (Å²) in [5.74, 6) is -3.00. The first-order valence-corrected chi connectivity index (χ1v) is 5.87. The molecule has 0 aliphatic carbocycles. The predicted molar refractivity (Wildman–Crippen MR) is 70.6 cm³/mol. The highest BCUT2D eigenvalue weighted by atomic mass is 19.2. The Morgan fingerprint density at radius 3 is 2.50 bits per heavy atom. The standard InChI is InChI=1S/C15H9F2NO2/c16-11-6-2-4-9(13(11)17)10-5-1-3-8-7-12(15(19)20)18-14(8)10/h1-7,18H,(H,19,20). The number of fused-ring (bicyclic) bond motifs is 1. The summed E-state index contributed by atoms with van der Waals surface area (Å²) >= 11 is 0. The smallest absolute Gasteiger partial charge is 0.352 e. The third-order valence-electron chi connectivity index (χ3n) is 3.13. The van der Waals surface area contributed by atoms with Gasteiger partial charge in [0.05, 0.1) is 5.52 Å². The number of carboxylic acids is 1. The van der Waals surface area contributed by atoms with E-state index < -0.39 is 17.6 Å². The van der Waals surface area contributed by atoms with Gasteiger partial charge in [0.15, 0.2) is 11.6 Å². The molecular formula is C15H9F2NO2. The summed E-state index contributed by atoms with van der Waals surface area (Å²) in [6.07, 6.45) is 0. The van der Waals surface area contributed by atoms with Gasteiger partial charge in [-0.15, -0.1) is 0 Å². The van der Waals surface area contributed by atoms with Gasteiger partial charge in [-0.1, -0.05) is 30.3 Å². The van der Waals surface area contributed by atoms with E-state index in [1.54, 1.807) is 18.2 Å². The summed E-state index contributed by atoms with van der Waals surface area (Å²) in [5.41, 5.74) is 0.986. The van der Waals surface area contributed by atoms with Crippen molar-refractivity contribution in [2.24, 2.45) is 0 Å². The summed E-state index contributed by atoms with van der Waals surface area (Å²) < 4.78 is 27.2. The van der Waals surface area contributed by atoms with E-state index >= 15 is 0 Å². The lowest BCUT2D eigenvalue weighted by molar-refractivity contribution is 0.0691. The zero-order chi connectivity index (χ0) is 14.3. The van der Waals surface area contributed by atoms with Crippen LogP contribution in [0.1, 0.15) is 10.5 Å². The topological polar surface area (TPSA) is 53.1 Å². The van der Waals surface area contributed by atoms with Crippen LogP contribution in [-0.2, 0) is 0 Å². The summed E-state index contributed by atoms with van der Waals surface area (Å²) in [4.78, 5) is 13.7. The Morgan fingerprint density at radius 1 is 1.05 bits per heavy atom. The fourth-order valence-corrected chi connectivity index (χ4v) is 2.21. The molecule has 5 heteroatoms. The van der Waals surface area contributed by atoms with E-state index in [2.05, 4.69) is 4.98 Å². The largest absolute Gasteiger partial charge is 0.477 e. The Labute approximate surface area is 112 Å². The quantitative estimate of drug-likeness (QED) is 0.746. The molecule has 0 fully saturated rings. The van der Waals surface area contributed by atoms with Crippen LogP contribution in [0, 0.1) is 11.6 Å². The molecule has 3 aromatic rings. The number of halogens is 2. The number of nitrogens with one attached hydrogen (secondary N) is 1. The molecule has 0 unspecified atom stereocenters. The second-order valence-electron chi connectivity index (χ2n) is 4.36. The second kappa shape index (κ2) is 4.45. The van der Waals surface area contributed by atoms with Crippen molar-refractivity contribution in [1.29, 1.82) is 0 Å². The fraction of sp³-hybridized carbons (Fsp3) is 0. The highest BCUT2D eigenvalue weighted by Gasteiger charge is 2.15. The van der Waals surface area contributed by atoms with E-state index in [1.165, 1.54) is 18.2 Å². The van der Waals surface area contributed by atoms with Crippen LogP contribution in [0.15, 0.2) is 42.5 Å². The number of H-pyrrole nitrogens is 1. The van der Waals surface area contributed by atoms with E-state index in [9.17, 15) is 13.6 Å². The lowest BCUT2D eigenvalue weighted by Gasteiger charge is -2.05. The van der Waals surface area contributed by atoms with Crippen molar-refractivity contribution in [2.75, 3.05) is 0 Å². The van der Waals surface area contributed by atoms with Gasteiger partial charge in [0.1, 0.15) is 5.69 Å². The minimum absolute atomic E-state index is 0.00395. The first-order chi connectivity index (χ1) is 9.58. The summed E-state index contributed by atoms with van der Waals surface area (Å²) in [5, 5.41) is 9.61. The highest BCUT2D eigenvalue weighted by Crippen LogP contribution is 2.31. The molecule has 100 valence electrons. The van der Waals surface area contributed by atoms with Gasteiger partial charge in [-0.2, -0.15) is 0 Å². The number of rotatable bonds is 2. The number of aromatic nitrogens is 1. The average Bonchev–Trinajstić information content (AvgIpc) is 2.86. The minimum atomic E-state index is -1.10. The third kappa shape index (κ3) is 1.84. The Kier molecular flexibility index (Phi) is 2.75. The van der Waals surface area contributed by atoms with Crippen molar-refractivity contribution in [3.63, 3.8) is 0 Å². The van der Waals surface area contributed by atoms with Crippen LogP contribution in [0.3, 0.4) is 0 Å². The van der Waals surface area contributed by atoms with Gasteiger partial charge in [0.2, 0.25) is 0 Å². The van der Waals surface area contributed by atoms with Crippen LogP contribution in [-0.4, -0.2) is 16.1 Å². The van der Waals surface area contributed by atoms with Gasteiger partial charge in [0.25, 0.3) is 0 Å². The molecule has 2 N–H and O–H groups in total. The number of para-hydroxylation sites is 1. The van der Waals surface area contributed by atoms with Crippen LogP contribution < -0.4 is 0 Å².